The predicted octanol–water partition coefficient (Wildman–Crippen LogP) is 4.32. The average molecular weight is 593 g/mol. The van der Waals surface area contributed by atoms with Crippen molar-refractivity contribution in [1.82, 2.24) is 14.8 Å². The highest BCUT2D eigenvalue weighted by Crippen LogP contribution is 2.37. The Balaban J connectivity index is 1.48. The predicted molar refractivity (Wildman–Crippen MR) is 137 cm³/mol. The molecule has 2 aliphatic rings. The van der Waals surface area contributed by atoms with E-state index >= 15 is 0 Å². The van der Waals surface area contributed by atoms with Gasteiger partial charge in [0, 0.05) is 19.3 Å². The molecule has 2 fully saturated rings. The monoisotopic (exact) mass is 593 g/mol. The molecule has 178 valence electrons. The first kappa shape index (κ1) is 24.5. The molecule has 2 aromatic rings. The molecule has 4 rings (SSSR count). The Bertz CT molecular complexity index is 1120. The number of hydrogen-bond donors (Lipinski definition) is 0. The van der Waals surface area contributed by atoms with Crippen LogP contribution in [0.5, 0.6) is 11.5 Å². The summed E-state index contributed by atoms with van der Waals surface area (Å²) in [5.41, 5.74) is 1.48. The van der Waals surface area contributed by atoms with E-state index < -0.39 is 11.1 Å². The minimum absolute atomic E-state index is 0.186. The van der Waals surface area contributed by atoms with E-state index in [1.54, 1.807) is 30.3 Å². The molecule has 3 amide bonds. The topological polar surface area (TPSA) is 89.0 Å². The van der Waals surface area contributed by atoms with E-state index in [1.807, 2.05) is 24.3 Å². The van der Waals surface area contributed by atoms with Crippen LogP contribution in [0, 0.1) is 3.57 Å². The molecule has 0 bridgehead atoms. The molecule has 10 heteroatoms. The van der Waals surface area contributed by atoms with Gasteiger partial charge in [-0.05, 0) is 89.5 Å². The van der Waals surface area contributed by atoms with E-state index in [1.165, 1.54) is 0 Å². The fraction of sp³-hybridized carbons (Fsp3) is 0.333. The molecule has 0 saturated carbocycles. The summed E-state index contributed by atoms with van der Waals surface area (Å²) in [5, 5.41) is -0.432. The summed E-state index contributed by atoms with van der Waals surface area (Å²) in [6, 6.07) is 9.21. The summed E-state index contributed by atoms with van der Waals surface area (Å²) in [7, 11) is 1.54. The van der Waals surface area contributed by atoms with Crippen LogP contribution in [0.4, 0.5) is 4.79 Å². The molecule has 1 aromatic carbocycles. The second kappa shape index (κ2) is 11.2. The fourth-order valence-corrected chi connectivity index (χ4v) is 5.38. The Kier molecular flexibility index (Phi) is 8.09. The molecule has 0 N–H and O–H groups in total. The van der Waals surface area contributed by atoms with Crippen molar-refractivity contribution in [2.45, 2.75) is 25.9 Å². The third-order valence-electron chi connectivity index (χ3n) is 5.52. The molecular formula is C24H24IN3O5S. The maximum Gasteiger partial charge on any atom is 0.294 e. The number of carbonyl (C=O) groups excluding carboxylic acids is 3. The van der Waals surface area contributed by atoms with Gasteiger partial charge in [0.05, 0.1) is 21.3 Å². The molecule has 0 aliphatic carbocycles. The van der Waals surface area contributed by atoms with Crippen LogP contribution in [0.2, 0.25) is 0 Å². The number of thioether (sulfide) groups is 1. The van der Waals surface area contributed by atoms with Crippen molar-refractivity contribution in [3.8, 4) is 11.5 Å². The van der Waals surface area contributed by atoms with Crippen LogP contribution in [-0.4, -0.2) is 58.6 Å². The Morgan fingerprint density at radius 3 is 2.71 bits per heavy atom. The zero-order valence-electron chi connectivity index (χ0n) is 18.7. The lowest BCUT2D eigenvalue weighted by Crippen LogP contribution is -2.44. The smallest absolute Gasteiger partial charge is 0.294 e. The molecule has 34 heavy (non-hydrogen) atoms. The quantitative estimate of drug-likeness (QED) is 0.349. The van der Waals surface area contributed by atoms with Gasteiger partial charge in [-0.3, -0.25) is 24.3 Å². The fourth-order valence-electron chi connectivity index (χ4n) is 3.76. The van der Waals surface area contributed by atoms with Crippen molar-refractivity contribution in [2.75, 3.05) is 26.7 Å². The molecule has 0 radical (unpaired) electrons. The highest BCUT2D eigenvalue weighted by Gasteiger charge is 2.37. The first-order valence-electron chi connectivity index (χ1n) is 10.9. The zero-order valence-corrected chi connectivity index (χ0v) is 21.6. The van der Waals surface area contributed by atoms with E-state index in [9.17, 15) is 14.4 Å². The number of benzene rings is 1. The van der Waals surface area contributed by atoms with Gasteiger partial charge in [0.1, 0.15) is 13.2 Å². The first-order chi connectivity index (χ1) is 16.5. The number of pyridine rings is 1. The van der Waals surface area contributed by atoms with Crippen LogP contribution in [0.15, 0.2) is 41.4 Å². The van der Waals surface area contributed by atoms with Gasteiger partial charge >= 0.3 is 0 Å². The van der Waals surface area contributed by atoms with Crippen molar-refractivity contribution in [3.63, 3.8) is 0 Å². The SMILES string of the molecule is COc1cc(/C=C2\SC(=O)N(CC(=O)N3CCCCC3)C2=O)cc(I)c1OCc1ccccn1. The average Bonchev–Trinajstić information content (AvgIpc) is 3.11. The number of ether oxygens (including phenoxy) is 2. The molecule has 0 spiro atoms. The number of methoxy groups -OCH3 is 1. The summed E-state index contributed by atoms with van der Waals surface area (Å²) in [5.74, 6) is 0.443. The molecule has 3 heterocycles. The normalized spacial score (nSPS) is 17.4. The van der Waals surface area contributed by atoms with Crippen molar-refractivity contribution < 1.29 is 23.9 Å². The number of imide groups is 1. The zero-order chi connectivity index (χ0) is 24.1. The Hall–Kier alpha value is -2.60. The molecule has 2 saturated heterocycles. The van der Waals surface area contributed by atoms with Crippen molar-refractivity contribution in [1.29, 1.82) is 0 Å². The van der Waals surface area contributed by atoms with Gasteiger partial charge in [-0.1, -0.05) is 6.07 Å². The highest BCUT2D eigenvalue weighted by atomic mass is 127. The number of hydrogen-bond acceptors (Lipinski definition) is 7. The second-order valence-corrected chi connectivity index (χ2v) is 10.0. The van der Waals surface area contributed by atoms with E-state index in [2.05, 4.69) is 27.6 Å². The maximum atomic E-state index is 12.9. The lowest BCUT2D eigenvalue weighted by Gasteiger charge is -2.27. The summed E-state index contributed by atoms with van der Waals surface area (Å²) < 4.78 is 12.2. The van der Waals surface area contributed by atoms with E-state index in [4.69, 9.17) is 9.47 Å². The molecular weight excluding hydrogens is 569 g/mol. The number of piperidine rings is 1. The van der Waals surface area contributed by atoms with Crippen LogP contribution in [0.3, 0.4) is 0 Å². The largest absolute Gasteiger partial charge is 0.493 e. The Morgan fingerprint density at radius 2 is 2.00 bits per heavy atom. The molecule has 0 atom stereocenters. The van der Waals surface area contributed by atoms with Gasteiger partial charge in [0.15, 0.2) is 11.5 Å². The van der Waals surface area contributed by atoms with Crippen LogP contribution >= 0.6 is 34.4 Å². The third-order valence-corrected chi connectivity index (χ3v) is 7.22. The van der Waals surface area contributed by atoms with Gasteiger partial charge in [0.2, 0.25) is 5.91 Å². The van der Waals surface area contributed by atoms with E-state index in [0.29, 0.717) is 30.2 Å². The van der Waals surface area contributed by atoms with Gasteiger partial charge in [0.25, 0.3) is 11.1 Å². The molecule has 2 aliphatic heterocycles. The number of nitrogens with zero attached hydrogens (tertiary/aromatic N) is 3. The molecule has 0 unspecified atom stereocenters. The standard InChI is InChI=1S/C24H24IN3O5S/c1-32-19-12-16(11-18(25)22(19)33-15-17-7-3-4-8-26-17)13-20-23(30)28(24(31)34-20)14-21(29)27-9-5-2-6-10-27/h3-4,7-8,11-13H,2,5-6,9-10,14-15H2,1H3/b20-13-. The lowest BCUT2D eigenvalue weighted by molar-refractivity contribution is -0.136. The van der Waals surface area contributed by atoms with Crippen molar-refractivity contribution >= 4 is 57.5 Å². The number of carbonyl (C=O) groups is 3. The second-order valence-electron chi connectivity index (χ2n) is 7.85. The minimum Gasteiger partial charge on any atom is -0.493 e. The van der Waals surface area contributed by atoms with Gasteiger partial charge in [-0.2, -0.15) is 0 Å². The number of rotatable bonds is 7. The van der Waals surface area contributed by atoms with Crippen LogP contribution in [0.25, 0.3) is 6.08 Å². The van der Waals surface area contributed by atoms with Gasteiger partial charge in [-0.25, -0.2) is 0 Å². The summed E-state index contributed by atoms with van der Waals surface area (Å²) in [6.45, 7) is 1.43. The summed E-state index contributed by atoms with van der Waals surface area (Å²) in [6.07, 6.45) is 6.36. The number of amides is 3. The highest BCUT2D eigenvalue weighted by molar-refractivity contribution is 14.1. The van der Waals surface area contributed by atoms with Crippen molar-refractivity contribution in [3.05, 3.63) is 56.3 Å². The Morgan fingerprint density at radius 1 is 1.21 bits per heavy atom. The number of halogens is 1. The van der Waals surface area contributed by atoms with E-state index in [0.717, 1.165) is 45.2 Å². The van der Waals surface area contributed by atoms with Gasteiger partial charge < -0.3 is 14.4 Å². The summed E-state index contributed by atoms with van der Waals surface area (Å²) >= 11 is 2.99. The lowest BCUT2D eigenvalue weighted by atomic mass is 10.1. The molecule has 1 aromatic heterocycles. The van der Waals surface area contributed by atoms with Crippen LogP contribution in [-0.2, 0) is 16.2 Å². The first-order valence-corrected chi connectivity index (χ1v) is 12.8. The maximum absolute atomic E-state index is 12.9. The van der Waals surface area contributed by atoms with Crippen LogP contribution in [0.1, 0.15) is 30.5 Å². The third kappa shape index (κ3) is 5.72. The summed E-state index contributed by atoms with van der Waals surface area (Å²) in [4.78, 5) is 45.2. The minimum atomic E-state index is -0.454. The van der Waals surface area contributed by atoms with E-state index in [-0.39, 0.29) is 24.0 Å². The van der Waals surface area contributed by atoms with Gasteiger partial charge in [-0.15, -0.1) is 0 Å². The Labute approximate surface area is 215 Å². The number of aromatic nitrogens is 1. The molecule has 8 nitrogen and oxygen atoms in total. The number of likely N-dealkylation sites (tertiary alicyclic amines) is 1. The van der Waals surface area contributed by atoms with Crippen molar-refractivity contribution in [2.24, 2.45) is 0 Å². The van der Waals surface area contributed by atoms with Crippen LogP contribution < -0.4 is 9.47 Å².